The van der Waals surface area contributed by atoms with Crippen molar-refractivity contribution in [2.45, 2.75) is 19.0 Å². The first kappa shape index (κ1) is 18.9. The van der Waals surface area contributed by atoms with Gasteiger partial charge >= 0.3 is 0 Å². The second-order valence-corrected chi connectivity index (χ2v) is 7.51. The van der Waals surface area contributed by atoms with Crippen LogP contribution >= 0.6 is 23.2 Å². The molecule has 1 fully saturated rings. The van der Waals surface area contributed by atoms with Gasteiger partial charge in [0.15, 0.2) is 0 Å². The van der Waals surface area contributed by atoms with Crippen molar-refractivity contribution >= 4 is 34.8 Å². The summed E-state index contributed by atoms with van der Waals surface area (Å²) >= 11 is 12.2. The number of carbonyl (C=O) groups excluding carboxylic acids is 1. The van der Waals surface area contributed by atoms with Crippen LogP contribution < -0.4 is 4.90 Å². The zero-order valence-electron chi connectivity index (χ0n) is 15.2. The summed E-state index contributed by atoms with van der Waals surface area (Å²) in [7, 11) is 1.88. The lowest BCUT2D eigenvalue weighted by atomic mass is 10.2. The van der Waals surface area contributed by atoms with Crippen LogP contribution in [0.2, 0.25) is 10.0 Å². The van der Waals surface area contributed by atoms with Gasteiger partial charge in [-0.1, -0.05) is 35.3 Å². The van der Waals surface area contributed by atoms with Crippen LogP contribution in [0, 0.1) is 0 Å². The van der Waals surface area contributed by atoms with Crippen molar-refractivity contribution in [3.63, 3.8) is 0 Å². The SMILES string of the molecule is CN(Cc1nnc(-c2ccc(Cl)cc2)o1)C1CCN(c2ccccc2Cl)C1=O. The van der Waals surface area contributed by atoms with Gasteiger partial charge in [0, 0.05) is 17.1 Å². The van der Waals surface area contributed by atoms with Crippen LogP contribution in [0.25, 0.3) is 11.5 Å². The van der Waals surface area contributed by atoms with E-state index in [2.05, 4.69) is 10.2 Å². The fraction of sp³-hybridized carbons (Fsp3) is 0.250. The highest BCUT2D eigenvalue weighted by atomic mass is 35.5. The third kappa shape index (κ3) is 3.76. The maximum absolute atomic E-state index is 12.9. The lowest BCUT2D eigenvalue weighted by molar-refractivity contribution is -0.121. The standard InChI is InChI=1S/C20H18Cl2N4O2/c1-25(12-18-23-24-19(28-18)13-6-8-14(21)9-7-13)17-10-11-26(20(17)27)16-5-3-2-4-15(16)22/h2-9,17H,10-12H2,1H3. The summed E-state index contributed by atoms with van der Waals surface area (Å²) in [6.07, 6.45) is 0.707. The van der Waals surface area contributed by atoms with E-state index in [4.69, 9.17) is 27.6 Å². The number of nitrogens with zero attached hydrogens (tertiary/aromatic N) is 4. The molecule has 2 aromatic carbocycles. The number of halogens is 2. The molecule has 0 radical (unpaired) electrons. The largest absolute Gasteiger partial charge is 0.419 e. The molecule has 1 saturated heterocycles. The molecule has 1 aromatic heterocycles. The van der Waals surface area contributed by atoms with E-state index in [1.54, 1.807) is 23.1 Å². The molecule has 1 aliphatic heterocycles. The first-order valence-corrected chi connectivity index (χ1v) is 9.63. The molecule has 8 heteroatoms. The summed E-state index contributed by atoms with van der Waals surface area (Å²) in [5.74, 6) is 0.903. The molecule has 0 spiro atoms. The van der Waals surface area contributed by atoms with E-state index in [0.717, 1.165) is 11.3 Å². The molecule has 3 aromatic rings. The number of hydrogen-bond donors (Lipinski definition) is 0. The van der Waals surface area contributed by atoms with Gasteiger partial charge in [0.25, 0.3) is 0 Å². The molecule has 0 N–H and O–H groups in total. The van der Waals surface area contributed by atoms with Crippen LogP contribution in [0.4, 0.5) is 5.69 Å². The molecule has 4 rings (SSSR count). The first-order chi connectivity index (χ1) is 13.5. The van der Waals surface area contributed by atoms with Gasteiger partial charge in [-0.05, 0) is 49.9 Å². The van der Waals surface area contributed by atoms with Crippen molar-refractivity contribution in [1.29, 1.82) is 0 Å². The van der Waals surface area contributed by atoms with E-state index in [0.29, 0.717) is 41.3 Å². The minimum atomic E-state index is -0.262. The number of benzene rings is 2. The number of para-hydroxylation sites is 1. The summed E-state index contributed by atoms with van der Waals surface area (Å²) in [6, 6.07) is 14.3. The van der Waals surface area contributed by atoms with Crippen LogP contribution in [-0.2, 0) is 11.3 Å². The Labute approximate surface area is 172 Å². The average Bonchev–Trinajstić information content (AvgIpc) is 3.30. The zero-order valence-corrected chi connectivity index (χ0v) is 16.7. The van der Waals surface area contributed by atoms with E-state index >= 15 is 0 Å². The molecule has 1 atom stereocenters. The predicted octanol–water partition coefficient (Wildman–Crippen LogP) is 4.28. The first-order valence-electron chi connectivity index (χ1n) is 8.87. The summed E-state index contributed by atoms with van der Waals surface area (Å²) in [5.41, 5.74) is 1.54. The van der Waals surface area contributed by atoms with Gasteiger partial charge in [0.1, 0.15) is 0 Å². The second-order valence-electron chi connectivity index (χ2n) is 6.67. The minimum absolute atomic E-state index is 0.0213. The van der Waals surface area contributed by atoms with Crippen LogP contribution in [0.5, 0.6) is 0 Å². The van der Waals surface area contributed by atoms with Crippen molar-refractivity contribution in [2.24, 2.45) is 0 Å². The molecule has 0 aliphatic carbocycles. The van der Waals surface area contributed by atoms with Crippen molar-refractivity contribution in [1.82, 2.24) is 15.1 Å². The normalized spacial score (nSPS) is 16.9. The van der Waals surface area contributed by atoms with E-state index in [1.165, 1.54) is 0 Å². The maximum Gasteiger partial charge on any atom is 0.247 e. The summed E-state index contributed by atoms with van der Waals surface area (Å²) in [6.45, 7) is 1.00. The van der Waals surface area contributed by atoms with Gasteiger partial charge in [-0.15, -0.1) is 10.2 Å². The van der Waals surface area contributed by atoms with Crippen molar-refractivity contribution < 1.29 is 9.21 Å². The molecule has 1 amide bonds. The molecule has 28 heavy (non-hydrogen) atoms. The number of carbonyl (C=O) groups is 1. The monoisotopic (exact) mass is 416 g/mol. The number of amides is 1. The Morgan fingerprint density at radius 2 is 1.89 bits per heavy atom. The third-order valence-electron chi connectivity index (χ3n) is 4.80. The highest BCUT2D eigenvalue weighted by molar-refractivity contribution is 6.34. The molecule has 6 nitrogen and oxygen atoms in total. The maximum atomic E-state index is 12.9. The number of hydrogen-bond acceptors (Lipinski definition) is 5. The molecule has 0 bridgehead atoms. The van der Waals surface area contributed by atoms with E-state index in [9.17, 15) is 4.79 Å². The Morgan fingerprint density at radius 1 is 1.14 bits per heavy atom. The Kier molecular flexibility index (Phi) is 5.35. The van der Waals surface area contributed by atoms with Gasteiger partial charge < -0.3 is 9.32 Å². The molecule has 2 heterocycles. The van der Waals surface area contributed by atoms with E-state index < -0.39 is 0 Å². The summed E-state index contributed by atoms with van der Waals surface area (Å²) in [4.78, 5) is 16.6. The second kappa shape index (κ2) is 7.91. The number of likely N-dealkylation sites (N-methyl/N-ethyl adjacent to an activating group) is 1. The fourth-order valence-electron chi connectivity index (χ4n) is 3.33. The van der Waals surface area contributed by atoms with Gasteiger partial charge in [-0.3, -0.25) is 9.69 Å². The zero-order chi connectivity index (χ0) is 19.7. The number of rotatable bonds is 5. The van der Waals surface area contributed by atoms with Crippen molar-refractivity contribution in [2.75, 3.05) is 18.5 Å². The molecule has 1 aliphatic rings. The quantitative estimate of drug-likeness (QED) is 0.620. The molecular weight excluding hydrogens is 399 g/mol. The van der Waals surface area contributed by atoms with Gasteiger partial charge in [0.2, 0.25) is 17.7 Å². The van der Waals surface area contributed by atoms with Crippen LogP contribution in [0.3, 0.4) is 0 Å². The fourth-order valence-corrected chi connectivity index (χ4v) is 3.70. The minimum Gasteiger partial charge on any atom is -0.419 e. The number of anilines is 1. The Hall–Kier alpha value is -2.41. The van der Waals surface area contributed by atoms with Gasteiger partial charge in [-0.2, -0.15) is 0 Å². The lowest BCUT2D eigenvalue weighted by Gasteiger charge is -2.22. The Balaban J connectivity index is 1.44. The molecular formula is C20H18Cl2N4O2. The Morgan fingerprint density at radius 3 is 2.64 bits per heavy atom. The third-order valence-corrected chi connectivity index (χ3v) is 5.37. The average molecular weight is 417 g/mol. The lowest BCUT2D eigenvalue weighted by Crippen LogP contribution is -2.39. The molecule has 1 unspecified atom stereocenters. The predicted molar refractivity (Wildman–Crippen MR) is 108 cm³/mol. The summed E-state index contributed by atoms with van der Waals surface area (Å²) < 4.78 is 5.75. The number of aromatic nitrogens is 2. The smallest absolute Gasteiger partial charge is 0.247 e. The van der Waals surface area contributed by atoms with Crippen LogP contribution in [-0.4, -0.2) is 40.6 Å². The van der Waals surface area contributed by atoms with E-state index in [-0.39, 0.29) is 11.9 Å². The Bertz CT molecular complexity index is 990. The molecule has 0 saturated carbocycles. The topological polar surface area (TPSA) is 62.5 Å². The van der Waals surface area contributed by atoms with Crippen molar-refractivity contribution in [3.05, 3.63) is 64.5 Å². The van der Waals surface area contributed by atoms with Gasteiger partial charge in [-0.25, -0.2) is 0 Å². The van der Waals surface area contributed by atoms with Crippen LogP contribution in [0.15, 0.2) is 52.9 Å². The van der Waals surface area contributed by atoms with Crippen molar-refractivity contribution in [3.8, 4) is 11.5 Å². The van der Waals surface area contributed by atoms with Crippen LogP contribution in [0.1, 0.15) is 12.3 Å². The van der Waals surface area contributed by atoms with Gasteiger partial charge in [0.05, 0.1) is 23.3 Å². The highest BCUT2D eigenvalue weighted by Crippen LogP contribution is 2.30. The highest BCUT2D eigenvalue weighted by Gasteiger charge is 2.36. The summed E-state index contributed by atoms with van der Waals surface area (Å²) in [5, 5.41) is 9.41. The molecule has 144 valence electrons. The van der Waals surface area contributed by atoms with E-state index in [1.807, 2.05) is 42.3 Å².